The summed E-state index contributed by atoms with van der Waals surface area (Å²) in [5, 5.41) is 3.46. The van der Waals surface area contributed by atoms with Gasteiger partial charge in [-0.05, 0) is 43.5 Å². The highest BCUT2D eigenvalue weighted by molar-refractivity contribution is 5.47. The summed E-state index contributed by atoms with van der Waals surface area (Å²) in [5.74, 6) is 0. The van der Waals surface area contributed by atoms with Crippen LogP contribution in [0, 0.1) is 0 Å². The molecule has 0 spiro atoms. The molecule has 0 aromatic heterocycles. The normalized spacial score (nSPS) is 17.0. The third-order valence-electron chi connectivity index (χ3n) is 3.91. The molecule has 0 aliphatic carbocycles. The molecule has 2 heteroatoms. The van der Waals surface area contributed by atoms with Gasteiger partial charge in [0.1, 0.15) is 0 Å². The number of hydrogen-bond acceptors (Lipinski definition) is 2. The molecule has 0 radical (unpaired) electrons. The number of nitrogens with zero attached hydrogens (tertiary/aromatic N) is 1. The van der Waals surface area contributed by atoms with E-state index in [4.69, 9.17) is 0 Å². The molecule has 1 fully saturated rings. The second kappa shape index (κ2) is 8.21. The van der Waals surface area contributed by atoms with Crippen molar-refractivity contribution in [2.24, 2.45) is 0 Å². The van der Waals surface area contributed by atoms with Crippen molar-refractivity contribution in [3.8, 4) is 0 Å². The summed E-state index contributed by atoms with van der Waals surface area (Å²) >= 11 is 0. The van der Waals surface area contributed by atoms with Crippen LogP contribution in [0.5, 0.6) is 0 Å². The molecule has 1 aromatic rings. The SMILES string of the molecule is CCCNCc1ccc(N2CCCCCCC2)cc1. The van der Waals surface area contributed by atoms with Gasteiger partial charge in [0.25, 0.3) is 0 Å². The molecule has 0 unspecified atom stereocenters. The lowest BCUT2D eigenvalue weighted by Gasteiger charge is -2.27. The molecule has 1 aliphatic heterocycles. The zero-order valence-corrected chi connectivity index (χ0v) is 12.3. The van der Waals surface area contributed by atoms with Crippen molar-refractivity contribution in [1.82, 2.24) is 5.32 Å². The molecular formula is C17H28N2. The molecular weight excluding hydrogens is 232 g/mol. The van der Waals surface area contributed by atoms with E-state index in [9.17, 15) is 0 Å². The number of anilines is 1. The highest BCUT2D eigenvalue weighted by Crippen LogP contribution is 2.19. The zero-order chi connectivity index (χ0) is 13.3. The second-order valence-corrected chi connectivity index (χ2v) is 5.60. The summed E-state index contributed by atoms with van der Waals surface area (Å²) in [6, 6.07) is 9.14. The highest BCUT2D eigenvalue weighted by Gasteiger charge is 2.08. The van der Waals surface area contributed by atoms with Crippen LogP contribution < -0.4 is 10.2 Å². The Morgan fingerprint density at radius 3 is 2.21 bits per heavy atom. The van der Waals surface area contributed by atoms with Crippen LogP contribution in [0.1, 0.15) is 51.0 Å². The van der Waals surface area contributed by atoms with Crippen molar-refractivity contribution in [1.29, 1.82) is 0 Å². The Labute approximate surface area is 118 Å². The van der Waals surface area contributed by atoms with E-state index in [1.54, 1.807) is 0 Å². The molecule has 1 N–H and O–H groups in total. The summed E-state index contributed by atoms with van der Waals surface area (Å²) in [7, 11) is 0. The van der Waals surface area contributed by atoms with E-state index < -0.39 is 0 Å². The van der Waals surface area contributed by atoms with Gasteiger partial charge in [-0.2, -0.15) is 0 Å². The molecule has 2 rings (SSSR count). The summed E-state index contributed by atoms with van der Waals surface area (Å²) in [5.41, 5.74) is 2.80. The third-order valence-corrected chi connectivity index (χ3v) is 3.91. The molecule has 0 bridgehead atoms. The van der Waals surface area contributed by atoms with Gasteiger partial charge in [-0.3, -0.25) is 0 Å². The maximum atomic E-state index is 3.46. The molecule has 106 valence electrons. The van der Waals surface area contributed by atoms with Gasteiger partial charge >= 0.3 is 0 Å². The minimum atomic E-state index is 0.994. The van der Waals surface area contributed by atoms with Gasteiger partial charge in [-0.1, -0.05) is 38.3 Å². The first kappa shape index (κ1) is 14.4. The quantitative estimate of drug-likeness (QED) is 0.806. The van der Waals surface area contributed by atoms with Gasteiger partial charge in [0.05, 0.1) is 0 Å². The van der Waals surface area contributed by atoms with E-state index >= 15 is 0 Å². The van der Waals surface area contributed by atoms with Crippen LogP contribution in [-0.4, -0.2) is 19.6 Å². The Balaban J connectivity index is 1.88. The first-order valence-electron chi connectivity index (χ1n) is 7.95. The van der Waals surface area contributed by atoms with Gasteiger partial charge in [-0.25, -0.2) is 0 Å². The van der Waals surface area contributed by atoms with Crippen molar-refractivity contribution < 1.29 is 0 Å². The third kappa shape index (κ3) is 4.87. The van der Waals surface area contributed by atoms with E-state index in [-0.39, 0.29) is 0 Å². The molecule has 1 aromatic carbocycles. The fourth-order valence-electron chi connectivity index (χ4n) is 2.74. The Morgan fingerprint density at radius 1 is 0.947 bits per heavy atom. The molecule has 19 heavy (non-hydrogen) atoms. The largest absolute Gasteiger partial charge is 0.372 e. The lowest BCUT2D eigenvalue weighted by molar-refractivity contribution is 0.556. The molecule has 0 amide bonds. The summed E-state index contributed by atoms with van der Waals surface area (Å²) in [6.45, 7) is 6.76. The maximum Gasteiger partial charge on any atom is 0.0366 e. The lowest BCUT2D eigenvalue weighted by atomic mass is 10.1. The molecule has 2 nitrogen and oxygen atoms in total. The average molecular weight is 260 g/mol. The van der Waals surface area contributed by atoms with Crippen molar-refractivity contribution in [2.75, 3.05) is 24.5 Å². The van der Waals surface area contributed by atoms with E-state index in [0.717, 1.165) is 13.1 Å². The molecule has 0 saturated carbocycles. The number of hydrogen-bond donors (Lipinski definition) is 1. The predicted molar refractivity (Wildman–Crippen MR) is 83.7 cm³/mol. The van der Waals surface area contributed by atoms with Crippen LogP contribution in [-0.2, 0) is 6.54 Å². The van der Waals surface area contributed by atoms with Gasteiger partial charge in [0.15, 0.2) is 0 Å². The minimum Gasteiger partial charge on any atom is -0.372 e. The first-order chi connectivity index (χ1) is 9.40. The van der Waals surface area contributed by atoms with Crippen LogP contribution in [0.4, 0.5) is 5.69 Å². The van der Waals surface area contributed by atoms with E-state index in [1.807, 2.05) is 0 Å². The lowest BCUT2D eigenvalue weighted by Crippen LogP contribution is -2.26. The summed E-state index contributed by atoms with van der Waals surface area (Å²) in [4.78, 5) is 2.56. The molecule has 1 saturated heterocycles. The van der Waals surface area contributed by atoms with Crippen molar-refractivity contribution in [2.45, 2.75) is 52.0 Å². The van der Waals surface area contributed by atoms with Gasteiger partial charge in [0, 0.05) is 25.3 Å². The predicted octanol–water partition coefficient (Wildman–Crippen LogP) is 3.96. The molecule has 0 atom stereocenters. The van der Waals surface area contributed by atoms with Crippen molar-refractivity contribution in [3.63, 3.8) is 0 Å². The summed E-state index contributed by atoms with van der Waals surface area (Å²) < 4.78 is 0. The second-order valence-electron chi connectivity index (χ2n) is 5.60. The maximum absolute atomic E-state index is 3.46. The van der Waals surface area contributed by atoms with Crippen molar-refractivity contribution in [3.05, 3.63) is 29.8 Å². The van der Waals surface area contributed by atoms with Crippen LogP contribution >= 0.6 is 0 Å². The standard InChI is InChI=1S/C17H28N2/c1-2-12-18-15-16-8-10-17(11-9-16)19-13-6-4-3-5-7-14-19/h8-11,18H,2-7,12-15H2,1H3. The van der Waals surface area contributed by atoms with Gasteiger partial charge < -0.3 is 10.2 Å². The number of benzene rings is 1. The minimum absolute atomic E-state index is 0.994. The Bertz CT molecular complexity index is 337. The monoisotopic (exact) mass is 260 g/mol. The van der Waals surface area contributed by atoms with E-state index in [1.165, 1.54) is 62.9 Å². The Hall–Kier alpha value is -1.02. The molecule has 1 heterocycles. The summed E-state index contributed by atoms with van der Waals surface area (Å²) in [6.07, 6.45) is 8.12. The first-order valence-corrected chi connectivity index (χ1v) is 7.95. The van der Waals surface area contributed by atoms with Gasteiger partial charge in [0.2, 0.25) is 0 Å². The van der Waals surface area contributed by atoms with E-state index in [0.29, 0.717) is 0 Å². The van der Waals surface area contributed by atoms with Crippen molar-refractivity contribution >= 4 is 5.69 Å². The topological polar surface area (TPSA) is 15.3 Å². The van der Waals surface area contributed by atoms with Gasteiger partial charge in [-0.15, -0.1) is 0 Å². The zero-order valence-electron chi connectivity index (χ0n) is 12.3. The Kier molecular flexibility index (Phi) is 6.22. The number of nitrogens with one attached hydrogen (secondary N) is 1. The fraction of sp³-hybridized carbons (Fsp3) is 0.647. The highest BCUT2D eigenvalue weighted by atomic mass is 15.1. The average Bonchev–Trinajstić information content (AvgIpc) is 2.40. The van der Waals surface area contributed by atoms with Crippen LogP contribution in [0.2, 0.25) is 0 Å². The smallest absolute Gasteiger partial charge is 0.0366 e. The number of rotatable bonds is 5. The van der Waals surface area contributed by atoms with Crippen LogP contribution in [0.25, 0.3) is 0 Å². The van der Waals surface area contributed by atoms with E-state index in [2.05, 4.69) is 41.4 Å². The van der Waals surface area contributed by atoms with Crippen LogP contribution in [0.15, 0.2) is 24.3 Å². The Morgan fingerprint density at radius 2 is 1.58 bits per heavy atom. The molecule has 1 aliphatic rings. The van der Waals surface area contributed by atoms with Crippen LogP contribution in [0.3, 0.4) is 0 Å². The fourth-order valence-corrected chi connectivity index (χ4v) is 2.74.